The lowest BCUT2D eigenvalue weighted by Gasteiger charge is -2.08. The zero-order valence-corrected chi connectivity index (χ0v) is 15.6. The highest BCUT2D eigenvalue weighted by atomic mass is 16.2. The topological polar surface area (TPSA) is 75.0 Å². The lowest BCUT2D eigenvalue weighted by Crippen LogP contribution is -2.33. The van der Waals surface area contributed by atoms with Crippen LogP contribution in [0.15, 0.2) is 66.7 Å². The van der Waals surface area contributed by atoms with Gasteiger partial charge in [-0.25, -0.2) is 4.98 Å². The number of anilines is 2. The van der Waals surface area contributed by atoms with Crippen molar-refractivity contribution in [3.63, 3.8) is 0 Å². The van der Waals surface area contributed by atoms with Gasteiger partial charge in [0, 0.05) is 49.5 Å². The largest absolute Gasteiger partial charge is 0.326 e. The van der Waals surface area contributed by atoms with Gasteiger partial charge in [0.2, 0.25) is 28.5 Å². The molecule has 0 fully saturated rings. The maximum atomic E-state index is 11.4. The number of fused-ring (bicyclic) bond motifs is 2. The van der Waals surface area contributed by atoms with Gasteiger partial charge in [0.05, 0.1) is 0 Å². The second kappa shape index (κ2) is 7.08. The van der Waals surface area contributed by atoms with Gasteiger partial charge in [0.15, 0.2) is 0 Å². The fraction of sp³-hybridized carbons (Fsp3) is 0.0909. The van der Waals surface area contributed by atoms with Crippen LogP contribution in [-0.2, 0) is 9.59 Å². The van der Waals surface area contributed by atoms with Gasteiger partial charge in [-0.2, -0.15) is 0 Å². The first-order valence-electron chi connectivity index (χ1n) is 8.91. The Kier molecular flexibility index (Phi) is 4.45. The van der Waals surface area contributed by atoms with Crippen LogP contribution in [0.25, 0.3) is 27.8 Å². The molecular weight excluding hydrogens is 352 g/mol. The van der Waals surface area contributed by atoms with Crippen LogP contribution < -0.4 is 15.2 Å². The predicted molar refractivity (Wildman–Crippen MR) is 109 cm³/mol. The first-order chi connectivity index (χ1) is 13.5. The van der Waals surface area contributed by atoms with Gasteiger partial charge in [-0.15, -0.1) is 4.57 Å². The molecule has 1 aromatic heterocycles. The number of amides is 2. The molecule has 1 heterocycles. The molecule has 2 amide bonds. The van der Waals surface area contributed by atoms with E-state index in [1.54, 1.807) is 0 Å². The molecule has 138 valence electrons. The van der Waals surface area contributed by atoms with E-state index < -0.39 is 0 Å². The molecule has 0 saturated heterocycles. The summed E-state index contributed by atoms with van der Waals surface area (Å²) in [5.74, 6) is -0.270. The quantitative estimate of drug-likeness (QED) is 0.427. The Balaban J connectivity index is 2.02. The van der Waals surface area contributed by atoms with Crippen molar-refractivity contribution in [3.05, 3.63) is 66.7 Å². The van der Waals surface area contributed by atoms with E-state index in [1.807, 2.05) is 66.7 Å². The van der Waals surface area contributed by atoms with Gasteiger partial charge >= 0.3 is 0 Å². The predicted octanol–water partition coefficient (Wildman–Crippen LogP) is 3.58. The molecule has 4 aromatic rings. The fourth-order valence-electron chi connectivity index (χ4n) is 3.28. The van der Waals surface area contributed by atoms with Crippen LogP contribution in [0.3, 0.4) is 0 Å². The van der Waals surface area contributed by atoms with Crippen molar-refractivity contribution < 1.29 is 14.2 Å². The average molecular weight is 371 g/mol. The fourth-order valence-corrected chi connectivity index (χ4v) is 3.28. The third-order valence-electron chi connectivity index (χ3n) is 4.33. The summed E-state index contributed by atoms with van der Waals surface area (Å²) in [6.07, 6.45) is 0. The molecule has 0 aliphatic heterocycles. The van der Waals surface area contributed by atoms with E-state index in [4.69, 9.17) is 4.98 Å². The number of rotatable bonds is 3. The van der Waals surface area contributed by atoms with Crippen LogP contribution in [0.1, 0.15) is 13.8 Å². The van der Waals surface area contributed by atoms with Crippen LogP contribution in [0, 0.1) is 0 Å². The molecular formula is C22H19N4O2+. The Hall–Kier alpha value is -3.80. The molecule has 4 rings (SSSR count). The Morgan fingerprint density at radius 1 is 0.750 bits per heavy atom. The van der Waals surface area contributed by atoms with Crippen molar-refractivity contribution in [2.45, 2.75) is 13.8 Å². The van der Waals surface area contributed by atoms with Gasteiger partial charge in [0.1, 0.15) is 11.0 Å². The molecule has 6 heteroatoms. The molecule has 0 aliphatic rings. The second-order valence-electron chi connectivity index (χ2n) is 6.55. The number of benzene rings is 3. The summed E-state index contributed by atoms with van der Waals surface area (Å²) >= 11 is 0. The Labute approximate surface area is 161 Å². The van der Waals surface area contributed by atoms with Gasteiger partial charge in [-0.1, -0.05) is 18.2 Å². The summed E-state index contributed by atoms with van der Waals surface area (Å²) in [6.45, 7) is 2.95. The van der Waals surface area contributed by atoms with Gasteiger partial charge in [-0.3, -0.25) is 9.59 Å². The zero-order chi connectivity index (χ0) is 19.7. The Morgan fingerprint density at radius 3 is 1.71 bits per heavy atom. The van der Waals surface area contributed by atoms with Crippen LogP contribution in [-0.4, -0.2) is 16.8 Å². The highest BCUT2D eigenvalue weighted by molar-refractivity contribution is 5.94. The van der Waals surface area contributed by atoms with Crippen molar-refractivity contribution in [2.75, 3.05) is 10.6 Å². The van der Waals surface area contributed by atoms with E-state index in [-0.39, 0.29) is 11.8 Å². The number of carbonyl (C=O) groups is 2. The lowest BCUT2D eigenvalue weighted by atomic mass is 10.2. The SMILES string of the molecule is CC(=O)Nc1ccc2c(c1)nc1cc(NC(C)=O)ccc1[n+]2-c1ccccc1. The smallest absolute Gasteiger partial charge is 0.237 e. The van der Waals surface area contributed by atoms with Crippen molar-refractivity contribution in [2.24, 2.45) is 0 Å². The highest BCUT2D eigenvalue weighted by Gasteiger charge is 2.20. The van der Waals surface area contributed by atoms with E-state index in [0.29, 0.717) is 11.4 Å². The molecule has 0 bridgehead atoms. The molecule has 6 nitrogen and oxygen atoms in total. The van der Waals surface area contributed by atoms with Crippen LogP contribution in [0.2, 0.25) is 0 Å². The normalized spacial score (nSPS) is 10.8. The molecule has 3 aromatic carbocycles. The third-order valence-corrected chi connectivity index (χ3v) is 4.33. The standard InChI is InChI=1S/C22H18N4O2/c1-14(27)23-16-8-10-21-19(12-16)25-20-13-17(24-15(2)28)9-11-22(20)26(21)18-6-4-3-5-7-18/h3-13H,1-2H3,(H-,23,24,25,27,28)/p+1. The molecule has 0 saturated carbocycles. The van der Waals surface area contributed by atoms with E-state index in [0.717, 1.165) is 27.8 Å². The van der Waals surface area contributed by atoms with Crippen LogP contribution in [0.5, 0.6) is 0 Å². The van der Waals surface area contributed by atoms with E-state index >= 15 is 0 Å². The highest BCUT2D eigenvalue weighted by Crippen LogP contribution is 2.23. The summed E-state index contributed by atoms with van der Waals surface area (Å²) < 4.78 is 2.12. The maximum absolute atomic E-state index is 11.4. The number of para-hydroxylation sites is 1. The molecule has 2 N–H and O–H groups in total. The Bertz CT molecular complexity index is 1150. The number of aromatic nitrogens is 2. The number of nitrogens with one attached hydrogen (secondary N) is 2. The van der Waals surface area contributed by atoms with E-state index in [1.165, 1.54) is 13.8 Å². The summed E-state index contributed by atoms with van der Waals surface area (Å²) in [5.41, 5.74) is 5.68. The first-order valence-corrected chi connectivity index (χ1v) is 8.91. The summed E-state index contributed by atoms with van der Waals surface area (Å²) in [6, 6.07) is 21.3. The van der Waals surface area contributed by atoms with Gasteiger partial charge < -0.3 is 10.6 Å². The van der Waals surface area contributed by atoms with E-state index in [9.17, 15) is 9.59 Å². The van der Waals surface area contributed by atoms with E-state index in [2.05, 4.69) is 15.2 Å². The van der Waals surface area contributed by atoms with Crippen molar-refractivity contribution in [1.82, 2.24) is 4.98 Å². The number of carbonyl (C=O) groups excluding carboxylic acids is 2. The summed E-state index contributed by atoms with van der Waals surface area (Å²) in [4.78, 5) is 27.6. The minimum atomic E-state index is -0.135. The number of nitrogens with zero attached hydrogens (tertiary/aromatic N) is 2. The summed E-state index contributed by atoms with van der Waals surface area (Å²) in [7, 11) is 0. The van der Waals surface area contributed by atoms with Crippen LogP contribution in [0.4, 0.5) is 11.4 Å². The number of hydrogen-bond donors (Lipinski definition) is 2. The molecule has 0 atom stereocenters. The third kappa shape index (κ3) is 3.40. The molecule has 0 unspecified atom stereocenters. The number of hydrogen-bond acceptors (Lipinski definition) is 3. The lowest BCUT2D eigenvalue weighted by molar-refractivity contribution is -0.538. The van der Waals surface area contributed by atoms with Gasteiger partial charge in [0.25, 0.3) is 0 Å². The monoisotopic (exact) mass is 371 g/mol. The minimum Gasteiger partial charge on any atom is -0.326 e. The van der Waals surface area contributed by atoms with Gasteiger partial charge in [-0.05, 0) is 24.3 Å². The molecule has 28 heavy (non-hydrogen) atoms. The first kappa shape index (κ1) is 17.6. The molecule has 0 spiro atoms. The van der Waals surface area contributed by atoms with Crippen molar-refractivity contribution >= 4 is 45.3 Å². The Morgan fingerprint density at radius 2 is 1.25 bits per heavy atom. The summed E-state index contributed by atoms with van der Waals surface area (Å²) in [5, 5.41) is 5.59. The van der Waals surface area contributed by atoms with Crippen molar-refractivity contribution in [3.8, 4) is 5.69 Å². The minimum absolute atomic E-state index is 0.135. The van der Waals surface area contributed by atoms with Crippen molar-refractivity contribution in [1.29, 1.82) is 0 Å². The van der Waals surface area contributed by atoms with Crippen LogP contribution >= 0.6 is 0 Å². The molecule has 0 aliphatic carbocycles. The maximum Gasteiger partial charge on any atom is 0.237 e. The second-order valence-corrected chi connectivity index (χ2v) is 6.55. The average Bonchev–Trinajstić information content (AvgIpc) is 2.65. The molecule has 0 radical (unpaired) electrons. The zero-order valence-electron chi connectivity index (χ0n) is 15.6.